The van der Waals surface area contributed by atoms with Gasteiger partial charge in [0.1, 0.15) is 0 Å². The monoisotopic (exact) mass is 216 g/mol. The van der Waals surface area contributed by atoms with E-state index >= 15 is 0 Å². The van der Waals surface area contributed by atoms with E-state index in [1.165, 1.54) is 31.6 Å². The zero-order chi connectivity index (χ0) is 11.0. The third-order valence-electron chi connectivity index (χ3n) is 4.27. The molecule has 2 aliphatic rings. The van der Waals surface area contributed by atoms with Gasteiger partial charge in [0.05, 0.1) is 0 Å². The molecule has 2 fully saturated rings. The maximum atomic E-state index is 3.52. The van der Waals surface area contributed by atoms with Crippen molar-refractivity contribution in [2.45, 2.75) is 25.4 Å². The van der Waals surface area contributed by atoms with Crippen LogP contribution >= 0.6 is 0 Å². The Bertz CT molecular complexity index is 349. The van der Waals surface area contributed by atoms with Gasteiger partial charge in [-0.3, -0.25) is 4.90 Å². The van der Waals surface area contributed by atoms with Crippen LogP contribution in [0.15, 0.2) is 30.3 Å². The molecule has 2 nitrogen and oxygen atoms in total. The summed E-state index contributed by atoms with van der Waals surface area (Å²) < 4.78 is 0. The number of nitrogens with one attached hydrogen (secondary N) is 1. The summed E-state index contributed by atoms with van der Waals surface area (Å²) in [7, 11) is 0. The molecular formula is C14H20N2. The highest BCUT2D eigenvalue weighted by Gasteiger charge is 2.39. The van der Waals surface area contributed by atoms with E-state index in [9.17, 15) is 0 Å². The van der Waals surface area contributed by atoms with Crippen LogP contribution in [-0.4, -0.2) is 30.6 Å². The lowest BCUT2D eigenvalue weighted by atomic mass is 10.0. The quantitative estimate of drug-likeness (QED) is 0.814. The first-order valence-electron chi connectivity index (χ1n) is 6.37. The predicted octanol–water partition coefficient (Wildman–Crippen LogP) is 2.04. The molecule has 0 bridgehead atoms. The number of benzene rings is 1. The minimum Gasteiger partial charge on any atom is -0.315 e. The van der Waals surface area contributed by atoms with E-state index in [1.807, 2.05) is 0 Å². The van der Waals surface area contributed by atoms with Gasteiger partial charge in [-0.05, 0) is 37.9 Å². The van der Waals surface area contributed by atoms with E-state index in [1.54, 1.807) is 0 Å². The zero-order valence-corrected chi connectivity index (χ0v) is 9.89. The van der Waals surface area contributed by atoms with E-state index in [0.717, 1.165) is 12.0 Å². The highest BCUT2D eigenvalue weighted by atomic mass is 15.2. The second-order valence-electron chi connectivity index (χ2n) is 5.10. The molecule has 1 unspecified atom stereocenters. The highest BCUT2D eigenvalue weighted by Crippen LogP contribution is 2.34. The number of rotatable bonds is 2. The lowest BCUT2D eigenvalue weighted by Gasteiger charge is -2.30. The molecule has 0 radical (unpaired) electrons. The minimum absolute atomic E-state index is 0.566. The van der Waals surface area contributed by atoms with Crippen LogP contribution in [0.5, 0.6) is 0 Å². The second kappa shape index (κ2) is 4.19. The van der Waals surface area contributed by atoms with Gasteiger partial charge in [-0.15, -0.1) is 0 Å². The maximum absolute atomic E-state index is 3.52. The van der Waals surface area contributed by atoms with E-state index in [-0.39, 0.29) is 0 Å². The van der Waals surface area contributed by atoms with Crippen LogP contribution in [0, 0.1) is 5.92 Å². The van der Waals surface area contributed by atoms with E-state index in [0.29, 0.717) is 6.04 Å². The molecule has 1 aromatic carbocycles. The fourth-order valence-electron chi connectivity index (χ4n) is 3.29. The lowest BCUT2D eigenvalue weighted by Crippen LogP contribution is -2.36. The molecule has 2 heterocycles. The molecule has 2 saturated heterocycles. The van der Waals surface area contributed by atoms with E-state index < -0.39 is 0 Å². The molecule has 3 atom stereocenters. The number of fused-ring (bicyclic) bond motifs is 1. The molecule has 3 rings (SSSR count). The Hall–Kier alpha value is -0.860. The summed E-state index contributed by atoms with van der Waals surface area (Å²) >= 11 is 0. The Morgan fingerprint density at radius 3 is 2.88 bits per heavy atom. The van der Waals surface area contributed by atoms with Crippen LogP contribution in [-0.2, 0) is 0 Å². The van der Waals surface area contributed by atoms with Gasteiger partial charge < -0.3 is 5.32 Å². The minimum atomic E-state index is 0.566. The predicted molar refractivity (Wildman–Crippen MR) is 66.3 cm³/mol. The average Bonchev–Trinajstić information content (AvgIpc) is 2.91. The summed E-state index contributed by atoms with van der Waals surface area (Å²) in [6.45, 7) is 6.02. The van der Waals surface area contributed by atoms with Gasteiger partial charge in [0, 0.05) is 18.6 Å². The Labute approximate surface area is 97.6 Å². The summed E-state index contributed by atoms with van der Waals surface area (Å²) in [5, 5.41) is 3.52. The van der Waals surface area contributed by atoms with Crippen molar-refractivity contribution in [1.82, 2.24) is 10.2 Å². The Morgan fingerprint density at radius 1 is 1.25 bits per heavy atom. The highest BCUT2D eigenvalue weighted by molar-refractivity contribution is 5.19. The van der Waals surface area contributed by atoms with Crippen molar-refractivity contribution in [2.24, 2.45) is 5.92 Å². The van der Waals surface area contributed by atoms with E-state index in [2.05, 4.69) is 47.5 Å². The first-order valence-corrected chi connectivity index (χ1v) is 6.37. The fraction of sp³-hybridized carbons (Fsp3) is 0.571. The van der Waals surface area contributed by atoms with Crippen LogP contribution < -0.4 is 5.32 Å². The fourth-order valence-corrected chi connectivity index (χ4v) is 3.29. The lowest BCUT2D eigenvalue weighted by molar-refractivity contribution is 0.192. The maximum Gasteiger partial charge on any atom is 0.0323 e. The molecule has 0 spiro atoms. The summed E-state index contributed by atoms with van der Waals surface area (Å²) in [5.74, 6) is 0.895. The Kier molecular flexibility index (Phi) is 2.70. The van der Waals surface area contributed by atoms with Crippen molar-refractivity contribution >= 4 is 0 Å². The van der Waals surface area contributed by atoms with Gasteiger partial charge in [0.15, 0.2) is 0 Å². The van der Waals surface area contributed by atoms with Gasteiger partial charge in [-0.2, -0.15) is 0 Å². The molecule has 1 N–H and O–H groups in total. The SMILES string of the molecule is C[C@H](c1ccccc1)N1CC[C@@H]2CNCC21. The largest absolute Gasteiger partial charge is 0.315 e. The molecule has 2 heteroatoms. The molecule has 0 aliphatic carbocycles. The molecule has 16 heavy (non-hydrogen) atoms. The van der Waals surface area contributed by atoms with Crippen LogP contribution in [0.1, 0.15) is 24.9 Å². The van der Waals surface area contributed by atoms with Crippen molar-refractivity contribution in [3.8, 4) is 0 Å². The number of likely N-dealkylation sites (tertiary alicyclic amines) is 1. The summed E-state index contributed by atoms with van der Waals surface area (Å²) in [6.07, 6.45) is 1.37. The normalized spacial score (nSPS) is 31.6. The van der Waals surface area contributed by atoms with Crippen LogP contribution in [0.4, 0.5) is 0 Å². The van der Waals surface area contributed by atoms with Crippen molar-refractivity contribution in [3.05, 3.63) is 35.9 Å². The smallest absolute Gasteiger partial charge is 0.0323 e. The van der Waals surface area contributed by atoms with Crippen molar-refractivity contribution in [2.75, 3.05) is 19.6 Å². The molecule has 0 aromatic heterocycles. The third-order valence-corrected chi connectivity index (χ3v) is 4.27. The van der Waals surface area contributed by atoms with Gasteiger partial charge in [0.2, 0.25) is 0 Å². The molecule has 86 valence electrons. The van der Waals surface area contributed by atoms with Gasteiger partial charge in [-0.1, -0.05) is 30.3 Å². The van der Waals surface area contributed by atoms with Gasteiger partial charge in [0.25, 0.3) is 0 Å². The van der Waals surface area contributed by atoms with Crippen molar-refractivity contribution in [1.29, 1.82) is 0 Å². The van der Waals surface area contributed by atoms with Crippen LogP contribution in [0.2, 0.25) is 0 Å². The van der Waals surface area contributed by atoms with E-state index in [4.69, 9.17) is 0 Å². The number of hydrogen-bond acceptors (Lipinski definition) is 2. The van der Waals surface area contributed by atoms with Crippen molar-refractivity contribution < 1.29 is 0 Å². The number of hydrogen-bond donors (Lipinski definition) is 1. The number of nitrogens with zero attached hydrogens (tertiary/aromatic N) is 1. The molecule has 0 amide bonds. The van der Waals surface area contributed by atoms with Crippen molar-refractivity contribution in [3.63, 3.8) is 0 Å². The first kappa shape index (κ1) is 10.3. The Balaban J connectivity index is 1.78. The summed E-state index contributed by atoms with van der Waals surface area (Å²) in [5.41, 5.74) is 1.45. The Morgan fingerprint density at radius 2 is 2.06 bits per heavy atom. The molecule has 1 aromatic rings. The average molecular weight is 216 g/mol. The first-order chi connectivity index (χ1) is 7.86. The molecular weight excluding hydrogens is 196 g/mol. The summed E-state index contributed by atoms with van der Waals surface area (Å²) in [4.78, 5) is 2.68. The topological polar surface area (TPSA) is 15.3 Å². The van der Waals surface area contributed by atoms with Gasteiger partial charge >= 0.3 is 0 Å². The van der Waals surface area contributed by atoms with Crippen LogP contribution in [0.25, 0.3) is 0 Å². The molecule has 2 aliphatic heterocycles. The standard InChI is InChI=1S/C14H20N2/c1-11(12-5-3-2-4-6-12)16-8-7-13-9-15-10-14(13)16/h2-6,11,13-15H,7-10H2,1H3/t11-,13-,14?/m1/s1. The van der Waals surface area contributed by atoms with Gasteiger partial charge in [-0.25, -0.2) is 0 Å². The molecule has 0 saturated carbocycles. The zero-order valence-electron chi connectivity index (χ0n) is 9.89. The summed E-state index contributed by atoms with van der Waals surface area (Å²) in [6, 6.07) is 12.2. The van der Waals surface area contributed by atoms with Crippen LogP contribution in [0.3, 0.4) is 0 Å². The third kappa shape index (κ3) is 1.66. The second-order valence-corrected chi connectivity index (χ2v) is 5.10.